The molecule has 0 bridgehead atoms. The quantitative estimate of drug-likeness (QED) is 0.331. The molecule has 0 saturated carbocycles. The normalized spacial score (nSPS) is 12.5. The minimum absolute atomic E-state index is 0.0784. The maximum atomic E-state index is 12.7. The number of carboxylic acids is 1. The molecular weight excluding hydrogens is 392 g/mol. The van der Waals surface area contributed by atoms with E-state index in [9.17, 15) is 14.7 Å². The number of hydrogen-bond acceptors (Lipinski definition) is 4. The summed E-state index contributed by atoms with van der Waals surface area (Å²) in [5, 5.41) is 20.0. The van der Waals surface area contributed by atoms with Crippen molar-refractivity contribution in [2.75, 3.05) is 0 Å². The smallest absolute Gasteiger partial charge is 0.308 e. The highest BCUT2D eigenvalue weighted by molar-refractivity contribution is 5.95. The van der Waals surface area contributed by atoms with E-state index in [1.807, 2.05) is 24.3 Å². The summed E-state index contributed by atoms with van der Waals surface area (Å²) < 4.78 is 0. The highest BCUT2D eigenvalue weighted by atomic mass is 16.4. The average Bonchev–Trinajstić information content (AvgIpc) is 2.78. The van der Waals surface area contributed by atoms with Crippen LogP contribution in [-0.4, -0.2) is 33.8 Å². The van der Waals surface area contributed by atoms with Crippen molar-refractivity contribution in [3.63, 3.8) is 0 Å². The highest BCUT2D eigenvalue weighted by Gasteiger charge is 2.27. The first-order valence-electron chi connectivity index (χ1n) is 9.82. The molecule has 3 rings (SSSR count). The number of pyridine rings is 1. The molecule has 0 saturated heterocycles. The number of aromatic nitrogens is 1. The summed E-state index contributed by atoms with van der Waals surface area (Å²) in [5.74, 6) is -2.25. The number of hydrogen-bond donors (Lipinski definition) is 4. The molecular formula is C24H24N4O3. The Balaban J connectivity index is 1.69. The van der Waals surface area contributed by atoms with Crippen LogP contribution in [0.4, 0.5) is 0 Å². The molecule has 7 nitrogen and oxygen atoms in total. The van der Waals surface area contributed by atoms with Gasteiger partial charge in [-0.15, -0.1) is 0 Å². The SMILES string of the molecule is CC(NC(=O)c1ccc(-c2ccncc2)cc1)[C@@H](Cc1cccc(C(=N)N)c1)C(=O)O. The summed E-state index contributed by atoms with van der Waals surface area (Å²) in [6, 6.07) is 17.2. The van der Waals surface area contributed by atoms with Crippen LogP contribution in [0.2, 0.25) is 0 Å². The Kier molecular flexibility index (Phi) is 6.77. The van der Waals surface area contributed by atoms with Crippen molar-refractivity contribution in [3.8, 4) is 11.1 Å². The van der Waals surface area contributed by atoms with Gasteiger partial charge in [0.25, 0.3) is 5.91 Å². The standard InChI is InChI=1S/C24H24N4O3/c1-15(21(24(30)31)14-16-3-2-4-20(13-16)22(25)26)28-23(29)19-7-5-17(6-8-19)18-9-11-27-12-10-18/h2-13,15,21H,14H2,1H3,(H3,25,26)(H,28,29)(H,30,31)/t15?,21-/m1/s1. The third-order valence-corrected chi connectivity index (χ3v) is 5.13. The Hall–Kier alpha value is -4.00. The summed E-state index contributed by atoms with van der Waals surface area (Å²) in [7, 11) is 0. The first-order chi connectivity index (χ1) is 14.8. The van der Waals surface area contributed by atoms with E-state index in [0.29, 0.717) is 11.1 Å². The maximum Gasteiger partial charge on any atom is 0.308 e. The van der Waals surface area contributed by atoms with Crippen molar-refractivity contribution in [2.24, 2.45) is 11.7 Å². The second-order valence-electron chi connectivity index (χ2n) is 7.34. The monoisotopic (exact) mass is 416 g/mol. The zero-order chi connectivity index (χ0) is 22.4. The Labute approximate surface area is 180 Å². The van der Waals surface area contributed by atoms with Crippen molar-refractivity contribution in [1.82, 2.24) is 10.3 Å². The number of amidine groups is 1. The molecule has 31 heavy (non-hydrogen) atoms. The van der Waals surface area contributed by atoms with Gasteiger partial charge in [0.15, 0.2) is 0 Å². The lowest BCUT2D eigenvalue weighted by Gasteiger charge is -2.22. The van der Waals surface area contributed by atoms with Gasteiger partial charge in [-0.1, -0.05) is 30.3 Å². The number of benzene rings is 2. The van der Waals surface area contributed by atoms with Gasteiger partial charge >= 0.3 is 5.97 Å². The number of carbonyl (C=O) groups excluding carboxylic acids is 1. The second-order valence-corrected chi connectivity index (χ2v) is 7.34. The van der Waals surface area contributed by atoms with Gasteiger partial charge in [-0.05, 0) is 60.4 Å². The highest BCUT2D eigenvalue weighted by Crippen LogP contribution is 2.19. The molecule has 1 unspecified atom stereocenters. The zero-order valence-electron chi connectivity index (χ0n) is 17.1. The fraction of sp³-hybridized carbons (Fsp3) is 0.167. The molecule has 0 fully saturated rings. The maximum absolute atomic E-state index is 12.7. The summed E-state index contributed by atoms with van der Waals surface area (Å²) in [6.45, 7) is 1.68. The van der Waals surface area contributed by atoms with Crippen LogP contribution in [0.15, 0.2) is 73.1 Å². The van der Waals surface area contributed by atoms with Gasteiger partial charge in [0.2, 0.25) is 0 Å². The van der Waals surface area contributed by atoms with Crippen molar-refractivity contribution < 1.29 is 14.7 Å². The summed E-state index contributed by atoms with van der Waals surface area (Å²) in [5.41, 5.74) is 9.20. The topological polar surface area (TPSA) is 129 Å². The molecule has 7 heteroatoms. The van der Waals surface area contributed by atoms with Gasteiger partial charge in [0, 0.05) is 29.6 Å². The predicted molar refractivity (Wildman–Crippen MR) is 119 cm³/mol. The predicted octanol–water partition coefficient (Wildman–Crippen LogP) is 3.09. The molecule has 3 aromatic rings. The second kappa shape index (κ2) is 9.67. The lowest BCUT2D eigenvalue weighted by molar-refractivity contribution is -0.142. The van der Waals surface area contributed by atoms with Crippen LogP contribution >= 0.6 is 0 Å². The Morgan fingerprint density at radius 2 is 1.68 bits per heavy atom. The number of nitrogens with two attached hydrogens (primary N) is 1. The summed E-state index contributed by atoms with van der Waals surface area (Å²) in [4.78, 5) is 28.5. The lowest BCUT2D eigenvalue weighted by Crippen LogP contribution is -2.42. The number of amides is 1. The molecule has 158 valence electrons. The third kappa shape index (κ3) is 5.54. The third-order valence-electron chi connectivity index (χ3n) is 5.13. The molecule has 1 aromatic heterocycles. The molecule has 0 spiro atoms. The van der Waals surface area contributed by atoms with E-state index < -0.39 is 17.9 Å². The van der Waals surface area contributed by atoms with Gasteiger partial charge < -0.3 is 16.2 Å². The number of aliphatic carboxylic acids is 1. The number of nitrogens with one attached hydrogen (secondary N) is 2. The van der Waals surface area contributed by atoms with Crippen LogP contribution < -0.4 is 11.1 Å². The van der Waals surface area contributed by atoms with Crippen molar-refractivity contribution in [2.45, 2.75) is 19.4 Å². The first-order valence-corrected chi connectivity index (χ1v) is 9.82. The fourth-order valence-electron chi connectivity index (χ4n) is 3.35. The van der Waals surface area contributed by atoms with Crippen molar-refractivity contribution in [3.05, 3.63) is 89.7 Å². The first kappa shape index (κ1) is 21.7. The van der Waals surface area contributed by atoms with Crippen LogP contribution in [0.25, 0.3) is 11.1 Å². The van der Waals surface area contributed by atoms with Crippen LogP contribution in [-0.2, 0) is 11.2 Å². The molecule has 2 aromatic carbocycles. The van der Waals surface area contributed by atoms with Crippen LogP contribution in [0.3, 0.4) is 0 Å². The van der Waals surface area contributed by atoms with E-state index in [4.69, 9.17) is 11.1 Å². The van der Waals surface area contributed by atoms with Crippen LogP contribution in [0.1, 0.15) is 28.4 Å². The minimum atomic E-state index is -1.01. The van der Waals surface area contributed by atoms with E-state index in [0.717, 1.165) is 16.7 Å². The van der Waals surface area contributed by atoms with E-state index >= 15 is 0 Å². The van der Waals surface area contributed by atoms with Gasteiger partial charge in [-0.2, -0.15) is 0 Å². The molecule has 0 aliphatic heterocycles. The van der Waals surface area contributed by atoms with Crippen molar-refractivity contribution in [1.29, 1.82) is 5.41 Å². The van der Waals surface area contributed by atoms with E-state index in [2.05, 4.69) is 10.3 Å². The lowest BCUT2D eigenvalue weighted by atomic mass is 9.92. The number of nitrogen functional groups attached to an aromatic ring is 1. The van der Waals surface area contributed by atoms with Crippen molar-refractivity contribution >= 4 is 17.7 Å². The van der Waals surface area contributed by atoms with E-state index in [1.54, 1.807) is 55.7 Å². The number of carboxylic acid groups (broad SMARTS) is 1. The largest absolute Gasteiger partial charge is 0.481 e. The molecule has 5 N–H and O–H groups in total. The van der Waals surface area contributed by atoms with Gasteiger partial charge in [0.05, 0.1) is 5.92 Å². The van der Waals surface area contributed by atoms with Gasteiger partial charge in [-0.25, -0.2) is 0 Å². The molecule has 0 radical (unpaired) electrons. The molecule has 1 heterocycles. The van der Waals surface area contributed by atoms with Crippen LogP contribution in [0, 0.1) is 11.3 Å². The Morgan fingerprint density at radius 1 is 1.03 bits per heavy atom. The van der Waals surface area contributed by atoms with Crippen LogP contribution in [0.5, 0.6) is 0 Å². The minimum Gasteiger partial charge on any atom is -0.481 e. The molecule has 2 atom stereocenters. The average molecular weight is 416 g/mol. The fourth-order valence-corrected chi connectivity index (χ4v) is 3.35. The van der Waals surface area contributed by atoms with E-state index in [-0.39, 0.29) is 18.2 Å². The Bertz CT molecular complexity index is 1080. The zero-order valence-corrected chi connectivity index (χ0v) is 17.1. The van der Waals surface area contributed by atoms with E-state index in [1.165, 1.54) is 0 Å². The summed E-state index contributed by atoms with van der Waals surface area (Å²) >= 11 is 0. The molecule has 1 amide bonds. The summed E-state index contributed by atoms with van der Waals surface area (Å²) in [6.07, 6.45) is 3.62. The number of nitrogens with zero attached hydrogens (tertiary/aromatic N) is 1. The molecule has 0 aliphatic rings. The number of carbonyl (C=O) groups is 2. The Morgan fingerprint density at radius 3 is 2.29 bits per heavy atom. The molecule has 0 aliphatic carbocycles. The number of rotatable bonds is 8. The van der Waals surface area contributed by atoms with Gasteiger partial charge in [-0.3, -0.25) is 20.0 Å². The van der Waals surface area contributed by atoms with Gasteiger partial charge in [0.1, 0.15) is 5.84 Å².